The molecule has 0 aliphatic carbocycles. The van der Waals surface area contributed by atoms with Gasteiger partial charge in [-0.25, -0.2) is 4.39 Å². The SMILES string of the molecule is CC(O)c1cccc(F)c1Oc1ccc(I)cc1. The molecule has 0 saturated carbocycles. The number of ether oxygens (including phenoxy) is 1. The van der Waals surface area contributed by atoms with Crippen LogP contribution in [0.1, 0.15) is 18.6 Å². The normalized spacial score (nSPS) is 12.2. The molecule has 1 atom stereocenters. The second-order valence-electron chi connectivity index (χ2n) is 3.89. The topological polar surface area (TPSA) is 29.5 Å². The van der Waals surface area contributed by atoms with Crippen molar-refractivity contribution in [1.29, 1.82) is 0 Å². The summed E-state index contributed by atoms with van der Waals surface area (Å²) in [4.78, 5) is 0. The standard InChI is InChI=1S/C14H12FIO2/c1-9(17)12-3-2-4-13(15)14(12)18-11-7-5-10(16)6-8-11/h2-9,17H,1H3. The van der Waals surface area contributed by atoms with Gasteiger partial charge in [-0.05, 0) is 59.8 Å². The molecular weight excluding hydrogens is 346 g/mol. The molecule has 1 N–H and O–H groups in total. The smallest absolute Gasteiger partial charge is 0.168 e. The quantitative estimate of drug-likeness (QED) is 0.831. The molecule has 2 aromatic carbocycles. The fourth-order valence-electron chi connectivity index (χ4n) is 1.58. The minimum Gasteiger partial charge on any atom is -0.454 e. The number of rotatable bonds is 3. The highest BCUT2D eigenvalue weighted by molar-refractivity contribution is 14.1. The van der Waals surface area contributed by atoms with E-state index in [0.717, 1.165) is 3.57 Å². The van der Waals surface area contributed by atoms with Gasteiger partial charge in [0.05, 0.1) is 6.10 Å². The first kappa shape index (κ1) is 13.3. The van der Waals surface area contributed by atoms with Gasteiger partial charge in [-0.1, -0.05) is 12.1 Å². The third kappa shape index (κ3) is 3.00. The number of hydrogen-bond acceptors (Lipinski definition) is 2. The van der Waals surface area contributed by atoms with Crippen molar-refractivity contribution in [1.82, 2.24) is 0 Å². The third-order valence-electron chi connectivity index (χ3n) is 2.48. The maximum atomic E-state index is 13.7. The number of halogens is 2. The van der Waals surface area contributed by atoms with Gasteiger partial charge < -0.3 is 9.84 Å². The monoisotopic (exact) mass is 358 g/mol. The lowest BCUT2D eigenvalue weighted by Crippen LogP contribution is -1.98. The summed E-state index contributed by atoms with van der Waals surface area (Å²) in [6.45, 7) is 1.58. The molecule has 0 aromatic heterocycles. The van der Waals surface area contributed by atoms with Crippen molar-refractivity contribution in [2.75, 3.05) is 0 Å². The van der Waals surface area contributed by atoms with Gasteiger partial charge in [0.2, 0.25) is 0 Å². The molecule has 2 aromatic rings. The van der Waals surface area contributed by atoms with Crippen LogP contribution in [0.3, 0.4) is 0 Å². The van der Waals surface area contributed by atoms with Crippen molar-refractivity contribution < 1.29 is 14.2 Å². The average molecular weight is 358 g/mol. The molecule has 94 valence electrons. The first-order chi connectivity index (χ1) is 8.58. The van der Waals surface area contributed by atoms with Gasteiger partial charge in [0.15, 0.2) is 11.6 Å². The molecule has 18 heavy (non-hydrogen) atoms. The largest absolute Gasteiger partial charge is 0.454 e. The lowest BCUT2D eigenvalue weighted by Gasteiger charge is -2.13. The molecule has 0 aliphatic rings. The van der Waals surface area contributed by atoms with Crippen LogP contribution in [0.25, 0.3) is 0 Å². The maximum absolute atomic E-state index is 13.7. The van der Waals surface area contributed by atoms with Crippen LogP contribution < -0.4 is 4.74 Å². The van der Waals surface area contributed by atoms with Gasteiger partial charge in [-0.3, -0.25) is 0 Å². The van der Waals surface area contributed by atoms with E-state index in [2.05, 4.69) is 22.6 Å². The molecule has 4 heteroatoms. The molecular formula is C14H12FIO2. The Labute approximate surface area is 119 Å². The molecule has 1 unspecified atom stereocenters. The molecule has 0 amide bonds. The van der Waals surface area contributed by atoms with Crippen molar-refractivity contribution in [3.63, 3.8) is 0 Å². The third-order valence-corrected chi connectivity index (χ3v) is 3.20. The molecule has 0 radical (unpaired) electrons. The summed E-state index contributed by atoms with van der Waals surface area (Å²) in [7, 11) is 0. The van der Waals surface area contributed by atoms with E-state index in [0.29, 0.717) is 11.3 Å². The van der Waals surface area contributed by atoms with Crippen LogP contribution in [0.2, 0.25) is 0 Å². The van der Waals surface area contributed by atoms with Gasteiger partial charge in [-0.15, -0.1) is 0 Å². The predicted octanol–water partition coefficient (Wildman–Crippen LogP) is 4.28. The molecule has 0 heterocycles. The van der Waals surface area contributed by atoms with Crippen LogP contribution in [-0.4, -0.2) is 5.11 Å². The summed E-state index contributed by atoms with van der Waals surface area (Å²) in [5.74, 6) is 0.142. The summed E-state index contributed by atoms with van der Waals surface area (Å²) in [6.07, 6.45) is -0.778. The molecule has 0 aliphatic heterocycles. The Balaban J connectivity index is 2.36. The Kier molecular flexibility index (Phi) is 4.19. The zero-order valence-corrected chi connectivity index (χ0v) is 11.9. The minimum absolute atomic E-state index is 0.0775. The Bertz CT molecular complexity index is 538. The van der Waals surface area contributed by atoms with Crippen molar-refractivity contribution in [3.8, 4) is 11.5 Å². The van der Waals surface area contributed by atoms with Crippen molar-refractivity contribution >= 4 is 22.6 Å². The number of para-hydroxylation sites is 1. The summed E-state index contributed by atoms with van der Waals surface area (Å²) in [6, 6.07) is 11.8. The van der Waals surface area contributed by atoms with Crippen LogP contribution in [0.4, 0.5) is 4.39 Å². The maximum Gasteiger partial charge on any atom is 0.168 e. The number of aliphatic hydroxyl groups excluding tert-OH is 1. The highest BCUT2D eigenvalue weighted by Gasteiger charge is 2.14. The summed E-state index contributed by atoms with van der Waals surface area (Å²) in [5.41, 5.74) is 0.438. The van der Waals surface area contributed by atoms with E-state index in [-0.39, 0.29) is 5.75 Å². The van der Waals surface area contributed by atoms with Gasteiger partial charge in [0.25, 0.3) is 0 Å². The summed E-state index contributed by atoms with van der Waals surface area (Å²) >= 11 is 2.18. The molecule has 2 rings (SSSR count). The van der Waals surface area contributed by atoms with Crippen LogP contribution in [-0.2, 0) is 0 Å². The second-order valence-corrected chi connectivity index (χ2v) is 5.14. The summed E-state index contributed by atoms with van der Waals surface area (Å²) < 4.78 is 20.3. The van der Waals surface area contributed by atoms with E-state index in [4.69, 9.17) is 4.74 Å². The van der Waals surface area contributed by atoms with E-state index in [1.807, 2.05) is 12.1 Å². The summed E-state index contributed by atoms with van der Waals surface area (Å²) in [5, 5.41) is 9.60. The number of benzene rings is 2. The lowest BCUT2D eigenvalue weighted by atomic mass is 10.1. The second kappa shape index (κ2) is 5.67. The van der Waals surface area contributed by atoms with Gasteiger partial charge in [0, 0.05) is 9.13 Å². The average Bonchev–Trinajstić information content (AvgIpc) is 2.34. The Morgan fingerprint density at radius 3 is 2.44 bits per heavy atom. The lowest BCUT2D eigenvalue weighted by molar-refractivity contribution is 0.194. The van der Waals surface area contributed by atoms with Gasteiger partial charge in [0.1, 0.15) is 5.75 Å². The van der Waals surface area contributed by atoms with Crippen molar-refractivity contribution in [2.45, 2.75) is 13.0 Å². The zero-order valence-electron chi connectivity index (χ0n) is 9.73. The Hall–Kier alpha value is -1.14. The number of hydrogen-bond donors (Lipinski definition) is 1. The zero-order chi connectivity index (χ0) is 13.1. The first-order valence-corrected chi connectivity index (χ1v) is 6.55. The number of aliphatic hydroxyl groups is 1. The van der Waals surface area contributed by atoms with E-state index in [1.54, 1.807) is 31.2 Å². The van der Waals surface area contributed by atoms with E-state index >= 15 is 0 Å². The van der Waals surface area contributed by atoms with Crippen molar-refractivity contribution in [2.24, 2.45) is 0 Å². The Morgan fingerprint density at radius 2 is 1.83 bits per heavy atom. The molecule has 0 spiro atoms. The minimum atomic E-state index is -0.778. The van der Waals surface area contributed by atoms with Gasteiger partial charge in [-0.2, -0.15) is 0 Å². The van der Waals surface area contributed by atoms with E-state index in [1.165, 1.54) is 6.07 Å². The predicted molar refractivity (Wildman–Crippen MR) is 76.3 cm³/mol. The van der Waals surface area contributed by atoms with E-state index in [9.17, 15) is 9.50 Å². The highest BCUT2D eigenvalue weighted by Crippen LogP contribution is 2.32. The Morgan fingerprint density at radius 1 is 1.17 bits per heavy atom. The molecule has 0 saturated heterocycles. The highest BCUT2D eigenvalue weighted by atomic mass is 127. The van der Waals surface area contributed by atoms with Gasteiger partial charge >= 0.3 is 0 Å². The van der Waals surface area contributed by atoms with E-state index < -0.39 is 11.9 Å². The molecule has 0 fully saturated rings. The van der Waals surface area contributed by atoms with Crippen LogP contribution in [0, 0.1) is 9.39 Å². The van der Waals surface area contributed by atoms with Crippen LogP contribution in [0.5, 0.6) is 11.5 Å². The molecule has 0 bridgehead atoms. The van der Waals surface area contributed by atoms with Crippen LogP contribution in [0.15, 0.2) is 42.5 Å². The fourth-order valence-corrected chi connectivity index (χ4v) is 1.94. The van der Waals surface area contributed by atoms with Crippen molar-refractivity contribution in [3.05, 3.63) is 57.4 Å². The molecule has 2 nitrogen and oxygen atoms in total. The first-order valence-electron chi connectivity index (χ1n) is 5.48. The fraction of sp³-hybridized carbons (Fsp3) is 0.143. The van der Waals surface area contributed by atoms with Crippen LogP contribution >= 0.6 is 22.6 Å².